The minimum absolute atomic E-state index is 0.0102. The van der Waals surface area contributed by atoms with Crippen LogP contribution < -0.4 is 0 Å². The monoisotopic (exact) mass is 262 g/mol. The van der Waals surface area contributed by atoms with Gasteiger partial charge in [-0.05, 0) is 54.7 Å². The number of unbranched alkanes of at least 4 members (excludes halogenated alkanes) is 2. The first-order valence-electron chi connectivity index (χ1n) is 8.05. The van der Waals surface area contributed by atoms with E-state index in [0.717, 1.165) is 5.56 Å². The highest BCUT2D eigenvalue weighted by Gasteiger charge is 2.27. The van der Waals surface area contributed by atoms with Gasteiger partial charge in [-0.15, -0.1) is 0 Å². The maximum Gasteiger partial charge on any atom is 0.126 e. The zero-order valence-corrected chi connectivity index (χ0v) is 12.4. The van der Waals surface area contributed by atoms with Crippen molar-refractivity contribution in [3.05, 3.63) is 35.1 Å². The number of hydrogen-bond donors (Lipinski definition) is 0. The summed E-state index contributed by atoms with van der Waals surface area (Å²) in [4.78, 5) is 0. The van der Waals surface area contributed by atoms with Crippen molar-refractivity contribution in [1.29, 1.82) is 0 Å². The van der Waals surface area contributed by atoms with Crippen molar-refractivity contribution in [2.75, 3.05) is 0 Å². The SMILES string of the molecule is CCCCC(CCCC)c1ccc(F)c(C2CC2)c1. The summed E-state index contributed by atoms with van der Waals surface area (Å²) in [5.74, 6) is 1.16. The highest BCUT2D eigenvalue weighted by molar-refractivity contribution is 5.32. The first kappa shape index (κ1) is 14.6. The summed E-state index contributed by atoms with van der Waals surface area (Å²) in [5.41, 5.74) is 2.36. The lowest BCUT2D eigenvalue weighted by molar-refractivity contribution is 0.522. The Morgan fingerprint density at radius 3 is 2.26 bits per heavy atom. The molecule has 0 radical (unpaired) electrons. The molecule has 0 aliphatic heterocycles. The maximum absolute atomic E-state index is 13.8. The quantitative estimate of drug-likeness (QED) is 0.525. The largest absolute Gasteiger partial charge is 0.207 e. The summed E-state index contributed by atoms with van der Waals surface area (Å²) in [6.45, 7) is 4.49. The Kier molecular flexibility index (Phi) is 5.42. The summed E-state index contributed by atoms with van der Waals surface area (Å²) in [5, 5.41) is 0. The van der Waals surface area contributed by atoms with Crippen LogP contribution in [0.1, 0.15) is 88.2 Å². The molecular weight excluding hydrogens is 235 g/mol. The van der Waals surface area contributed by atoms with Crippen molar-refractivity contribution < 1.29 is 4.39 Å². The van der Waals surface area contributed by atoms with Gasteiger partial charge in [0.05, 0.1) is 0 Å². The zero-order valence-electron chi connectivity index (χ0n) is 12.4. The van der Waals surface area contributed by atoms with Gasteiger partial charge in [-0.25, -0.2) is 4.39 Å². The number of rotatable bonds is 8. The van der Waals surface area contributed by atoms with E-state index in [9.17, 15) is 4.39 Å². The van der Waals surface area contributed by atoms with Gasteiger partial charge in [0.2, 0.25) is 0 Å². The van der Waals surface area contributed by atoms with Crippen LogP contribution in [-0.4, -0.2) is 0 Å². The second kappa shape index (κ2) is 7.07. The van der Waals surface area contributed by atoms with Crippen LogP contribution in [0.15, 0.2) is 18.2 Å². The lowest BCUT2D eigenvalue weighted by atomic mass is 9.87. The van der Waals surface area contributed by atoms with E-state index in [0.29, 0.717) is 11.8 Å². The average molecular weight is 262 g/mol. The summed E-state index contributed by atoms with van der Waals surface area (Å²) in [6, 6.07) is 5.90. The second-order valence-corrected chi connectivity index (χ2v) is 6.04. The fourth-order valence-corrected chi connectivity index (χ4v) is 2.90. The molecule has 1 aromatic carbocycles. The average Bonchev–Trinajstić information content (AvgIpc) is 3.24. The summed E-state index contributed by atoms with van der Waals surface area (Å²) < 4.78 is 13.8. The molecule has 0 heterocycles. The van der Waals surface area contributed by atoms with Gasteiger partial charge in [-0.2, -0.15) is 0 Å². The Hall–Kier alpha value is -0.850. The highest BCUT2D eigenvalue weighted by atomic mass is 19.1. The standard InChI is InChI=1S/C18H27F/c1-3-5-7-14(8-6-4-2)16-11-12-18(19)17(13-16)15-9-10-15/h11-15H,3-10H2,1-2H3. The van der Waals surface area contributed by atoms with Crippen LogP contribution >= 0.6 is 0 Å². The predicted molar refractivity (Wildman–Crippen MR) is 80.2 cm³/mol. The van der Waals surface area contributed by atoms with Crippen molar-refractivity contribution in [3.8, 4) is 0 Å². The number of benzene rings is 1. The molecule has 1 aliphatic carbocycles. The molecule has 19 heavy (non-hydrogen) atoms. The Morgan fingerprint density at radius 2 is 1.74 bits per heavy atom. The van der Waals surface area contributed by atoms with E-state index in [-0.39, 0.29) is 5.82 Å². The minimum atomic E-state index is 0.0102. The Labute approximate surface area is 117 Å². The molecule has 1 saturated carbocycles. The van der Waals surface area contributed by atoms with Gasteiger partial charge in [-0.1, -0.05) is 51.7 Å². The third-order valence-corrected chi connectivity index (χ3v) is 4.32. The van der Waals surface area contributed by atoms with Crippen LogP contribution in [0.3, 0.4) is 0 Å². The van der Waals surface area contributed by atoms with Gasteiger partial charge < -0.3 is 0 Å². The van der Waals surface area contributed by atoms with Gasteiger partial charge in [0.1, 0.15) is 5.82 Å². The molecule has 0 saturated heterocycles. The second-order valence-electron chi connectivity index (χ2n) is 6.04. The third kappa shape index (κ3) is 4.06. The van der Waals surface area contributed by atoms with Crippen LogP contribution in [0.2, 0.25) is 0 Å². The van der Waals surface area contributed by atoms with Gasteiger partial charge >= 0.3 is 0 Å². The van der Waals surface area contributed by atoms with E-state index in [1.165, 1.54) is 56.9 Å². The van der Waals surface area contributed by atoms with E-state index in [1.54, 1.807) is 6.07 Å². The van der Waals surface area contributed by atoms with Crippen LogP contribution in [0.25, 0.3) is 0 Å². The molecule has 1 aliphatic rings. The zero-order chi connectivity index (χ0) is 13.7. The Morgan fingerprint density at radius 1 is 1.11 bits per heavy atom. The fourth-order valence-electron chi connectivity index (χ4n) is 2.90. The first-order valence-corrected chi connectivity index (χ1v) is 8.05. The maximum atomic E-state index is 13.8. The molecule has 0 aromatic heterocycles. The highest BCUT2D eigenvalue weighted by Crippen LogP contribution is 2.42. The van der Waals surface area contributed by atoms with E-state index in [2.05, 4.69) is 19.9 Å². The van der Waals surface area contributed by atoms with Crippen LogP contribution in [0.4, 0.5) is 4.39 Å². The molecule has 0 bridgehead atoms. The van der Waals surface area contributed by atoms with E-state index in [4.69, 9.17) is 0 Å². The summed E-state index contributed by atoms with van der Waals surface area (Å²) >= 11 is 0. The molecule has 1 fully saturated rings. The molecule has 106 valence electrons. The molecule has 0 amide bonds. The Bertz CT molecular complexity index is 385. The van der Waals surface area contributed by atoms with Gasteiger partial charge in [0, 0.05) is 0 Å². The van der Waals surface area contributed by atoms with Crippen LogP contribution in [0, 0.1) is 5.82 Å². The van der Waals surface area contributed by atoms with Crippen molar-refractivity contribution in [1.82, 2.24) is 0 Å². The molecular formula is C18H27F. The molecule has 1 aromatic rings. The smallest absolute Gasteiger partial charge is 0.126 e. The van der Waals surface area contributed by atoms with Crippen molar-refractivity contribution in [2.24, 2.45) is 0 Å². The molecule has 1 heteroatoms. The van der Waals surface area contributed by atoms with Crippen LogP contribution in [-0.2, 0) is 0 Å². The summed E-state index contributed by atoms with van der Waals surface area (Å²) in [7, 11) is 0. The summed E-state index contributed by atoms with van der Waals surface area (Å²) in [6.07, 6.45) is 9.93. The van der Waals surface area contributed by atoms with E-state index >= 15 is 0 Å². The molecule has 0 spiro atoms. The van der Waals surface area contributed by atoms with E-state index in [1.807, 2.05) is 6.07 Å². The first-order chi connectivity index (χ1) is 9.26. The van der Waals surface area contributed by atoms with Crippen molar-refractivity contribution in [2.45, 2.75) is 77.0 Å². The van der Waals surface area contributed by atoms with Crippen molar-refractivity contribution in [3.63, 3.8) is 0 Å². The lowest BCUT2D eigenvalue weighted by Gasteiger charge is -2.18. The molecule has 0 unspecified atom stereocenters. The van der Waals surface area contributed by atoms with Gasteiger partial charge in [0.25, 0.3) is 0 Å². The van der Waals surface area contributed by atoms with Crippen LogP contribution in [0.5, 0.6) is 0 Å². The minimum Gasteiger partial charge on any atom is -0.207 e. The molecule has 0 nitrogen and oxygen atoms in total. The third-order valence-electron chi connectivity index (χ3n) is 4.32. The molecule has 2 rings (SSSR count). The van der Waals surface area contributed by atoms with Crippen molar-refractivity contribution >= 4 is 0 Å². The molecule has 0 N–H and O–H groups in total. The lowest BCUT2D eigenvalue weighted by Crippen LogP contribution is -2.01. The Balaban J connectivity index is 2.12. The fraction of sp³-hybridized carbons (Fsp3) is 0.667. The topological polar surface area (TPSA) is 0 Å². The number of halogens is 1. The number of hydrogen-bond acceptors (Lipinski definition) is 0. The van der Waals surface area contributed by atoms with E-state index < -0.39 is 0 Å². The van der Waals surface area contributed by atoms with Gasteiger partial charge in [-0.3, -0.25) is 0 Å². The predicted octanol–water partition coefficient (Wildman–Crippen LogP) is 6.17. The normalized spacial score (nSPS) is 15.2. The van der Waals surface area contributed by atoms with Gasteiger partial charge in [0.15, 0.2) is 0 Å². The molecule has 0 atom stereocenters.